The molecule has 0 aromatic rings. The van der Waals surface area contributed by atoms with Crippen molar-refractivity contribution in [2.24, 2.45) is 5.92 Å². The molecule has 0 bridgehead atoms. The van der Waals surface area contributed by atoms with Crippen LogP contribution in [0.4, 0.5) is 0 Å². The molecule has 0 aromatic heterocycles. The predicted octanol–water partition coefficient (Wildman–Crippen LogP) is 2.82. The van der Waals surface area contributed by atoms with Crippen LogP contribution in [0.5, 0.6) is 0 Å². The van der Waals surface area contributed by atoms with Gasteiger partial charge in [-0.15, -0.1) is 0 Å². The summed E-state index contributed by atoms with van der Waals surface area (Å²) in [5.41, 5.74) is -0.464. The van der Waals surface area contributed by atoms with Crippen LogP contribution in [0.2, 0.25) is 0 Å². The Labute approximate surface area is 130 Å². The van der Waals surface area contributed by atoms with Crippen molar-refractivity contribution in [3.8, 4) is 0 Å². The number of hydrogen-bond donors (Lipinski definition) is 1. The lowest BCUT2D eigenvalue weighted by atomic mass is 9.83. The maximum Gasteiger partial charge on any atom is 0.326 e. The molecule has 0 aromatic carbocycles. The van der Waals surface area contributed by atoms with Crippen molar-refractivity contribution in [3.05, 3.63) is 0 Å². The zero-order chi connectivity index (χ0) is 15.9. The Kier molecular flexibility index (Phi) is 7.67. The molecule has 0 radical (unpaired) electrons. The van der Waals surface area contributed by atoms with E-state index in [1.807, 2.05) is 0 Å². The maximum atomic E-state index is 12.4. The number of unbranched alkanes of at least 4 members (excludes halogenated alkanes) is 1. The lowest BCUT2D eigenvalue weighted by Gasteiger charge is -2.36. The van der Waals surface area contributed by atoms with E-state index in [-0.39, 0.29) is 5.97 Å². The summed E-state index contributed by atoms with van der Waals surface area (Å²) in [5.74, 6) is 0.311. The van der Waals surface area contributed by atoms with Crippen molar-refractivity contribution in [2.45, 2.75) is 70.9 Å². The minimum absolute atomic E-state index is 0.0742. The molecule has 1 aliphatic carbocycles. The second-order valence-electron chi connectivity index (χ2n) is 6.80. The van der Waals surface area contributed by atoms with Crippen LogP contribution in [-0.2, 0) is 9.53 Å². The fraction of sp³-hybridized carbons (Fsp3) is 0.941. The zero-order valence-corrected chi connectivity index (χ0v) is 14.6. The molecule has 21 heavy (non-hydrogen) atoms. The van der Waals surface area contributed by atoms with Crippen LogP contribution in [0.25, 0.3) is 0 Å². The lowest BCUT2D eigenvalue weighted by Crippen LogP contribution is -2.58. The maximum absolute atomic E-state index is 12.4. The molecule has 0 heterocycles. The summed E-state index contributed by atoms with van der Waals surface area (Å²) in [5, 5.41) is 3.53. The highest BCUT2D eigenvalue weighted by Gasteiger charge is 2.49. The molecule has 124 valence electrons. The Morgan fingerprint density at radius 2 is 2.14 bits per heavy atom. The highest BCUT2D eigenvalue weighted by molar-refractivity contribution is 5.81. The highest BCUT2D eigenvalue weighted by Crippen LogP contribution is 2.39. The summed E-state index contributed by atoms with van der Waals surface area (Å²) in [6.45, 7) is 8.63. The van der Waals surface area contributed by atoms with Gasteiger partial charge in [-0.05, 0) is 65.6 Å². The van der Waals surface area contributed by atoms with Gasteiger partial charge in [0.1, 0.15) is 5.54 Å². The second-order valence-corrected chi connectivity index (χ2v) is 6.80. The normalized spacial score (nSPS) is 25.8. The number of nitrogens with zero attached hydrogens (tertiary/aromatic N) is 1. The van der Waals surface area contributed by atoms with Crippen molar-refractivity contribution < 1.29 is 9.53 Å². The van der Waals surface area contributed by atoms with Crippen LogP contribution in [0.1, 0.15) is 59.3 Å². The molecular formula is C17H34N2O2. The molecular weight excluding hydrogens is 264 g/mol. The first-order chi connectivity index (χ1) is 9.96. The first-order valence-corrected chi connectivity index (χ1v) is 8.51. The van der Waals surface area contributed by atoms with Crippen LogP contribution in [0.15, 0.2) is 0 Å². The van der Waals surface area contributed by atoms with E-state index in [9.17, 15) is 4.79 Å². The van der Waals surface area contributed by atoms with Gasteiger partial charge in [-0.3, -0.25) is 10.1 Å². The van der Waals surface area contributed by atoms with Gasteiger partial charge in [-0.25, -0.2) is 0 Å². The molecule has 0 aliphatic heterocycles. The Morgan fingerprint density at radius 3 is 2.71 bits per heavy atom. The van der Waals surface area contributed by atoms with E-state index in [1.54, 1.807) is 0 Å². The van der Waals surface area contributed by atoms with Crippen LogP contribution in [0.3, 0.4) is 0 Å². The molecule has 0 amide bonds. The van der Waals surface area contributed by atoms with E-state index in [2.05, 4.69) is 38.0 Å². The molecule has 4 nitrogen and oxygen atoms in total. The third-order valence-corrected chi connectivity index (χ3v) is 4.67. The Morgan fingerprint density at radius 1 is 1.43 bits per heavy atom. The first kappa shape index (κ1) is 18.4. The minimum Gasteiger partial charge on any atom is -0.468 e. The quantitative estimate of drug-likeness (QED) is 0.665. The number of nitrogens with one attached hydrogen (secondary N) is 1. The number of carbonyl (C=O) groups is 1. The average Bonchev–Trinajstić information content (AvgIpc) is 2.85. The molecule has 1 aliphatic rings. The van der Waals surface area contributed by atoms with E-state index >= 15 is 0 Å². The van der Waals surface area contributed by atoms with Gasteiger partial charge in [0.25, 0.3) is 0 Å². The number of ether oxygens (including phenoxy) is 1. The van der Waals surface area contributed by atoms with Gasteiger partial charge in [-0.2, -0.15) is 0 Å². The molecule has 2 atom stereocenters. The number of rotatable bonds is 9. The number of carbonyl (C=O) groups excluding carboxylic acids is 1. The summed E-state index contributed by atoms with van der Waals surface area (Å²) in [6, 6.07) is 0.294. The van der Waals surface area contributed by atoms with Gasteiger partial charge in [-0.1, -0.05) is 19.8 Å². The van der Waals surface area contributed by atoms with Crippen molar-refractivity contribution in [1.29, 1.82) is 0 Å². The number of methoxy groups -OCH3 is 1. The van der Waals surface area contributed by atoms with Crippen molar-refractivity contribution >= 4 is 5.97 Å². The Bertz CT molecular complexity index is 320. The average molecular weight is 298 g/mol. The summed E-state index contributed by atoms with van der Waals surface area (Å²) >= 11 is 0. The first-order valence-electron chi connectivity index (χ1n) is 8.51. The monoisotopic (exact) mass is 298 g/mol. The van der Waals surface area contributed by atoms with E-state index in [0.29, 0.717) is 12.0 Å². The van der Waals surface area contributed by atoms with Gasteiger partial charge in [0.2, 0.25) is 0 Å². The Balaban J connectivity index is 2.66. The van der Waals surface area contributed by atoms with Crippen molar-refractivity contribution in [1.82, 2.24) is 10.2 Å². The minimum atomic E-state index is -0.464. The van der Waals surface area contributed by atoms with Crippen LogP contribution >= 0.6 is 0 Å². The van der Waals surface area contributed by atoms with Crippen LogP contribution in [-0.4, -0.2) is 49.7 Å². The molecule has 1 fully saturated rings. The van der Waals surface area contributed by atoms with Gasteiger partial charge in [0.15, 0.2) is 0 Å². The van der Waals surface area contributed by atoms with E-state index in [1.165, 1.54) is 20.0 Å². The van der Waals surface area contributed by atoms with Gasteiger partial charge >= 0.3 is 5.97 Å². The number of esters is 1. The van der Waals surface area contributed by atoms with E-state index < -0.39 is 5.54 Å². The van der Waals surface area contributed by atoms with E-state index in [4.69, 9.17) is 4.74 Å². The van der Waals surface area contributed by atoms with Gasteiger partial charge in [0, 0.05) is 6.04 Å². The summed E-state index contributed by atoms with van der Waals surface area (Å²) in [6.07, 6.45) is 6.67. The van der Waals surface area contributed by atoms with E-state index in [0.717, 1.165) is 38.8 Å². The molecule has 0 saturated heterocycles. The topological polar surface area (TPSA) is 41.6 Å². The number of hydrogen-bond acceptors (Lipinski definition) is 4. The third kappa shape index (κ3) is 4.96. The summed E-state index contributed by atoms with van der Waals surface area (Å²) < 4.78 is 5.13. The molecule has 1 rings (SSSR count). The predicted molar refractivity (Wildman–Crippen MR) is 87.4 cm³/mol. The molecule has 1 saturated carbocycles. The molecule has 0 spiro atoms. The highest BCUT2D eigenvalue weighted by atomic mass is 16.5. The largest absolute Gasteiger partial charge is 0.468 e. The Hall–Kier alpha value is -0.610. The van der Waals surface area contributed by atoms with Gasteiger partial charge < -0.3 is 9.64 Å². The fourth-order valence-electron chi connectivity index (χ4n) is 3.60. The lowest BCUT2D eigenvalue weighted by molar-refractivity contribution is -0.151. The molecule has 1 N–H and O–H groups in total. The second kappa shape index (κ2) is 8.74. The van der Waals surface area contributed by atoms with Crippen LogP contribution in [0, 0.1) is 5.92 Å². The summed E-state index contributed by atoms with van der Waals surface area (Å²) in [4.78, 5) is 14.8. The fourth-order valence-corrected chi connectivity index (χ4v) is 3.60. The van der Waals surface area contributed by atoms with Crippen molar-refractivity contribution in [3.63, 3.8) is 0 Å². The molecule has 2 unspecified atom stereocenters. The van der Waals surface area contributed by atoms with Crippen LogP contribution < -0.4 is 5.32 Å². The van der Waals surface area contributed by atoms with Gasteiger partial charge in [0.05, 0.1) is 7.11 Å². The zero-order valence-electron chi connectivity index (χ0n) is 14.6. The summed E-state index contributed by atoms with van der Waals surface area (Å²) in [7, 11) is 3.69. The SMILES string of the molecule is CCCCN(C)CCC1CCCC1(NC(C)C)C(=O)OC. The van der Waals surface area contributed by atoms with Crippen molar-refractivity contribution in [2.75, 3.05) is 27.2 Å². The molecule has 4 heteroatoms. The third-order valence-electron chi connectivity index (χ3n) is 4.67. The smallest absolute Gasteiger partial charge is 0.326 e. The standard InChI is InChI=1S/C17H34N2O2/c1-6-7-12-19(4)13-10-15-9-8-11-17(15,16(20)21-5)18-14(2)3/h14-15,18H,6-13H2,1-5H3.